The molecule has 0 saturated carbocycles. The lowest BCUT2D eigenvalue weighted by Gasteiger charge is -2.27. The number of unbranched alkanes of at least 4 members (excludes halogenated alkanes) is 26. The SMILES string of the molecule is CC/C=C/C/C=C/C/C=C/CCCCCCC(=O)OC(/C=C/CCCCCCCCCCCCC)C(COP(=O)(O)OCC[N+](C)(C)C)NC(=O)CCCCCCCCC/C=C\CCCCCC. The molecule has 0 spiro atoms. The molecule has 3 atom stereocenters. The number of hydrogen-bond acceptors (Lipinski definition) is 6. The van der Waals surface area contributed by atoms with E-state index >= 15 is 0 Å². The van der Waals surface area contributed by atoms with Crippen LogP contribution in [0.4, 0.5) is 0 Å². The number of likely N-dealkylation sites (N-methyl/N-ethyl adjacent to an activating group) is 1. The molecule has 0 aliphatic carbocycles. The Kier molecular flexibility index (Phi) is 46.7. The van der Waals surface area contributed by atoms with E-state index in [2.05, 4.69) is 74.7 Å². The summed E-state index contributed by atoms with van der Waals surface area (Å²) in [7, 11) is 1.48. The van der Waals surface area contributed by atoms with Crippen molar-refractivity contribution in [3.05, 3.63) is 60.8 Å². The van der Waals surface area contributed by atoms with Gasteiger partial charge in [0.15, 0.2) is 0 Å². The van der Waals surface area contributed by atoms with Crippen LogP contribution in [0.15, 0.2) is 60.8 Å². The lowest BCUT2D eigenvalue weighted by Crippen LogP contribution is -2.47. The molecule has 0 fully saturated rings. The lowest BCUT2D eigenvalue weighted by atomic mass is 10.0. The van der Waals surface area contributed by atoms with Gasteiger partial charge < -0.3 is 19.4 Å². The van der Waals surface area contributed by atoms with Crippen molar-refractivity contribution in [2.75, 3.05) is 40.9 Å². The van der Waals surface area contributed by atoms with Gasteiger partial charge in [0.2, 0.25) is 5.91 Å². The zero-order valence-electron chi connectivity index (χ0n) is 45.1. The van der Waals surface area contributed by atoms with Crippen LogP contribution in [0, 0.1) is 0 Å². The molecule has 0 aromatic carbocycles. The molecule has 9 nitrogen and oxygen atoms in total. The second-order valence-electron chi connectivity index (χ2n) is 20.1. The number of rotatable bonds is 50. The summed E-state index contributed by atoms with van der Waals surface area (Å²) in [6.07, 6.45) is 59.2. The van der Waals surface area contributed by atoms with E-state index in [-0.39, 0.29) is 31.5 Å². The van der Waals surface area contributed by atoms with Crippen LogP contribution >= 0.6 is 7.82 Å². The van der Waals surface area contributed by atoms with Gasteiger partial charge >= 0.3 is 13.8 Å². The Bertz CT molecular complexity index is 1350. The summed E-state index contributed by atoms with van der Waals surface area (Å²) in [5, 5.41) is 3.04. The fraction of sp³-hybridized carbons (Fsp3) is 0.793. The number of phosphoric acid groups is 1. The number of ether oxygens (including phenoxy) is 1. The number of esters is 1. The van der Waals surface area contributed by atoms with Crippen molar-refractivity contribution in [1.29, 1.82) is 0 Å². The van der Waals surface area contributed by atoms with Gasteiger partial charge in [-0.05, 0) is 89.5 Å². The molecule has 0 radical (unpaired) electrons. The molecule has 2 N–H and O–H groups in total. The highest BCUT2D eigenvalue weighted by Gasteiger charge is 2.30. The van der Waals surface area contributed by atoms with Crippen LogP contribution in [-0.2, 0) is 27.9 Å². The van der Waals surface area contributed by atoms with Crippen molar-refractivity contribution >= 4 is 19.7 Å². The summed E-state index contributed by atoms with van der Waals surface area (Å²) < 4.78 is 30.6. The topological polar surface area (TPSA) is 111 Å². The summed E-state index contributed by atoms with van der Waals surface area (Å²) in [5.41, 5.74) is 0. The number of carbonyl (C=O) groups excluding carboxylic acids is 2. The van der Waals surface area contributed by atoms with E-state index < -0.39 is 20.0 Å². The Morgan fingerprint density at radius 2 is 0.941 bits per heavy atom. The third-order valence-corrected chi connectivity index (χ3v) is 13.2. The molecule has 0 aromatic heterocycles. The minimum absolute atomic E-state index is 0.0344. The van der Waals surface area contributed by atoms with Crippen LogP contribution in [0.5, 0.6) is 0 Å². The zero-order valence-corrected chi connectivity index (χ0v) is 46.0. The standard InChI is InChI=1S/C58H107N2O7P/c1-7-10-13-16-19-22-25-28-30-32-35-38-41-44-47-50-57(61)59-55(54-66-68(63,64)65-53-52-60(4,5)6)56(49-46-43-40-37-34-31-27-24-21-18-15-12-9-3)67-58(62)51-48-45-42-39-36-33-29-26-23-20-17-14-11-8-2/h11,14,20,22-23,25,29,33,46,49,55-56H,7-10,12-13,15-19,21,24,26-28,30-32,34-45,47-48,50-54H2,1-6H3,(H-,59,61,63,64)/p+1/b14-11+,23-20+,25-22-,33-29+,49-46+. The van der Waals surface area contributed by atoms with Crippen LogP contribution in [0.25, 0.3) is 0 Å². The molecular weight excluding hydrogens is 868 g/mol. The van der Waals surface area contributed by atoms with Gasteiger partial charge in [-0.25, -0.2) is 4.57 Å². The van der Waals surface area contributed by atoms with Gasteiger partial charge in [-0.1, -0.05) is 204 Å². The number of nitrogens with zero attached hydrogens (tertiary/aromatic N) is 1. The minimum atomic E-state index is -4.45. The van der Waals surface area contributed by atoms with Gasteiger partial charge in [0, 0.05) is 12.8 Å². The fourth-order valence-electron chi connectivity index (χ4n) is 7.83. The molecule has 68 heavy (non-hydrogen) atoms. The molecule has 0 heterocycles. The molecule has 396 valence electrons. The normalized spacial score (nSPS) is 14.3. The van der Waals surface area contributed by atoms with E-state index in [1.807, 2.05) is 33.3 Å². The first-order valence-electron chi connectivity index (χ1n) is 28.1. The molecule has 3 unspecified atom stereocenters. The van der Waals surface area contributed by atoms with Gasteiger partial charge in [-0.3, -0.25) is 18.6 Å². The van der Waals surface area contributed by atoms with E-state index in [0.29, 0.717) is 23.9 Å². The highest BCUT2D eigenvalue weighted by Crippen LogP contribution is 2.43. The number of hydrogen-bond donors (Lipinski definition) is 2. The third-order valence-electron chi connectivity index (χ3n) is 12.2. The smallest absolute Gasteiger partial charge is 0.456 e. The maximum absolute atomic E-state index is 13.5. The average molecular weight is 976 g/mol. The van der Waals surface area contributed by atoms with Crippen LogP contribution in [0.2, 0.25) is 0 Å². The van der Waals surface area contributed by atoms with E-state index in [4.69, 9.17) is 13.8 Å². The van der Waals surface area contributed by atoms with Crippen molar-refractivity contribution in [3.8, 4) is 0 Å². The lowest BCUT2D eigenvalue weighted by molar-refractivity contribution is -0.870. The first-order valence-corrected chi connectivity index (χ1v) is 29.6. The minimum Gasteiger partial charge on any atom is -0.456 e. The number of phosphoric ester groups is 1. The monoisotopic (exact) mass is 976 g/mol. The number of amides is 1. The second-order valence-corrected chi connectivity index (χ2v) is 21.5. The third kappa shape index (κ3) is 48.7. The van der Waals surface area contributed by atoms with Crippen molar-refractivity contribution in [1.82, 2.24) is 5.32 Å². The number of nitrogens with one attached hydrogen (secondary N) is 1. The van der Waals surface area contributed by atoms with Gasteiger partial charge in [0.1, 0.15) is 19.3 Å². The van der Waals surface area contributed by atoms with E-state index in [1.54, 1.807) is 0 Å². The summed E-state index contributed by atoms with van der Waals surface area (Å²) in [5.74, 6) is -0.535. The van der Waals surface area contributed by atoms with Gasteiger partial charge in [0.05, 0.1) is 33.8 Å². The Morgan fingerprint density at radius 1 is 0.529 bits per heavy atom. The van der Waals surface area contributed by atoms with Gasteiger partial charge in [-0.2, -0.15) is 0 Å². The molecule has 0 aliphatic rings. The average Bonchev–Trinajstić information content (AvgIpc) is 3.29. The maximum atomic E-state index is 13.5. The molecule has 1 amide bonds. The van der Waals surface area contributed by atoms with Crippen molar-refractivity contribution in [3.63, 3.8) is 0 Å². The predicted octanol–water partition coefficient (Wildman–Crippen LogP) is 16.7. The van der Waals surface area contributed by atoms with Gasteiger partial charge in [-0.15, -0.1) is 0 Å². The van der Waals surface area contributed by atoms with Crippen molar-refractivity contribution < 1.29 is 37.3 Å². The molecular formula is C58H108N2O7P+. The van der Waals surface area contributed by atoms with Crippen LogP contribution in [-0.4, -0.2) is 74.3 Å². The second kappa shape index (κ2) is 48.3. The number of carbonyl (C=O) groups is 2. The predicted molar refractivity (Wildman–Crippen MR) is 291 cm³/mol. The Labute approximate surface area is 420 Å². The molecule has 0 bridgehead atoms. The summed E-state index contributed by atoms with van der Waals surface area (Å²) in [6.45, 7) is 6.87. The largest absolute Gasteiger partial charge is 0.472 e. The van der Waals surface area contributed by atoms with Crippen molar-refractivity contribution in [2.45, 2.75) is 258 Å². The van der Waals surface area contributed by atoms with E-state index in [9.17, 15) is 19.0 Å². The number of quaternary nitrogens is 1. The summed E-state index contributed by atoms with van der Waals surface area (Å²) in [4.78, 5) is 37.5. The Morgan fingerprint density at radius 3 is 1.44 bits per heavy atom. The zero-order chi connectivity index (χ0) is 50.1. The Balaban J connectivity index is 5.43. The summed E-state index contributed by atoms with van der Waals surface area (Å²) in [6, 6.07) is -0.859. The molecule has 0 rings (SSSR count). The van der Waals surface area contributed by atoms with E-state index in [0.717, 1.165) is 96.3 Å². The van der Waals surface area contributed by atoms with Crippen molar-refractivity contribution in [2.24, 2.45) is 0 Å². The summed E-state index contributed by atoms with van der Waals surface area (Å²) >= 11 is 0. The quantitative estimate of drug-likeness (QED) is 0.0205. The number of allylic oxidation sites excluding steroid dienone is 9. The first kappa shape index (κ1) is 65.7. The fourth-order valence-corrected chi connectivity index (χ4v) is 8.57. The van der Waals surface area contributed by atoms with Crippen LogP contribution in [0.1, 0.15) is 245 Å². The van der Waals surface area contributed by atoms with Gasteiger partial charge in [0.25, 0.3) is 0 Å². The van der Waals surface area contributed by atoms with E-state index in [1.165, 1.54) is 109 Å². The molecule has 10 heteroatoms. The maximum Gasteiger partial charge on any atom is 0.472 e. The molecule has 0 saturated heterocycles. The molecule has 0 aromatic rings. The highest BCUT2D eigenvalue weighted by molar-refractivity contribution is 7.47. The van der Waals surface area contributed by atoms with Crippen LogP contribution < -0.4 is 5.32 Å². The highest BCUT2D eigenvalue weighted by atomic mass is 31.2. The Hall–Kier alpha value is -2.29. The molecule has 0 aliphatic heterocycles. The van der Waals surface area contributed by atoms with Crippen LogP contribution in [0.3, 0.4) is 0 Å². The first-order chi connectivity index (χ1) is 32.9.